The van der Waals surface area contributed by atoms with Crippen LogP contribution in [0.15, 0.2) is 54.6 Å². The average Bonchev–Trinajstić information content (AvgIpc) is 3.04. The number of hydrogen-bond acceptors (Lipinski definition) is 3. The van der Waals surface area contributed by atoms with Crippen molar-refractivity contribution in [2.45, 2.75) is 19.1 Å². The molecule has 22 heavy (non-hydrogen) atoms. The van der Waals surface area contributed by atoms with E-state index in [1.54, 1.807) is 0 Å². The van der Waals surface area contributed by atoms with Crippen LogP contribution >= 0.6 is 0 Å². The van der Waals surface area contributed by atoms with Gasteiger partial charge in [-0.1, -0.05) is 42.5 Å². The van der Waals surface area contributed by atoms with Gasteiger partial charge in [0.1, 0.15) is 0 Å². The Hall–Kier alpha value is -2.15. The van der Waals surface area contributed by atoms with E-state index in [0.717, 1.165) is 31.7 Å². The van der Waals surface area contributed by atoms with Crippen LogP contribution in [0.1, 0.15) is 29.2 Å². The largest absolute Gasteiger partial charge is 0.373 e. The molecule has 0 unspecified atom stereocenters. The van der Waals surface area contributed by atoms with Gasteiger partial charge in [-0.25, -0.2) is 0 Å². The molecule has 0 saturated carbocycles. The third-order valence-corrected chi connectivity index (χ3v) is 4.13. The standard InChI is InChI=1S/C19H20N2O/c20-12-15-5-4-6-16(11-15)13-21-14-18-9-10-22-19(18)17-7-2-1-3-8-17/h1-8,11,18-19,21H,9-10,13-14H2/t18-,19-/m1/s1. The second-order valence-corrected chi connectivity index (χ2v) is 5.69. The van der Waals surface area contributed by atoms with Gasteiger partial charge in [0, 0.05) is 25.6 Å². The van der Waals surface area contributed by atoms with Gasteiger partial charge in [-0.2, -0.15) is 5.26 Å². The predicted molar refractivity (Wildman–Crippen MR) is 86.1 cm³/mol. The van der Waals surface area contributed by atoms with E-state index in [1.807, 2.05) is 30.3 Å². The molecular weight excluding hydrogens is 272 g/mol. The first-order valence-electron chi connectivity index (χ1n) is 7.73. The second kappa shape index (κ2) is 7.22. The molecule has 1 aliphatic rings. The van der Waals surface area contributed by atoms with Gasteiger partial charge < -0.3 is 10.1 Å². The van der Waals surface area contributed by atoms with Crippen LogP contribution < -0.4 is 5.32 Å². The fourth-order valence-electron chi connectivity index (χ4n) is 3.01. The Morgan fingerprint density at radius 2 is 2.00 bits per heavy atom. The summed E-state index contributed by atoms with van der Waals surface area (Å²) in [5.41, 5.74) is 3.12. The van der Waals surface area contributed by atoms with Gasteiger partial charge in [-0.05, 0) is 29.7 Å². The molecule has 0 aliphatic carbocycles. The maximum atomic E-state index is 8.93. The molecule has 3 nitrogen and oxygen atoms in total. The fraction of sp³-hybridized carbons (Fsp3) is 0.316. The molecule has 2 aromatic rings. The van der Waals surface area contributed by atoms with Crippen molar-refractivity contribution in [1.29, 1.82) is 5.26 Å². The lowest BCUT2D eigenvalue weighted by Crippen LogP contribution is -2.24. The van der Waals surface area contributed by atoms with Crippen molar-refractivity contribution in [3.8, 4) is 6.07 Å². The number of nitrogens with one attached hydrogen (secondary N) is 1. The molecule has 2 atom stereocenters. The topological polar surface area (TPSA) is 45.0 Å². The van der Waals surface area contributed by atoms with E-state index in [9.17, 15) is 0 Å². The van der Waals surface area contributed by atoms with Crippen molar-refractivity contribution in [1.82, 2.24) is 5.32 Å². The molecule has 0 aromatic heterocycles. The summed E-state index contributed by atoms with van der Waals surface area (Å²) in [5.74, 6) is 0.501. The van der Waals surface area contributed by atoms with E-state index in [1.165, 1.54) is 5.56 Å². The molecule has 1 aliphatic heterocycles. The summed E-state index contributed by atoms with van der Waals surface area (Å²) in [5, 5.41) is 12.4. The number of benzene rings is 2. The molecule has 0 amide bonds. The molecule has 0 radical (unpaired) electrons. The highest BCUT2D eigenvalue weighted by atomic mass is 16.5. The van der Waals surface area contributed by atoms with E-state index in [-0.39, 0.29) is 6.10 Å². The summed E-state index contributed by atoms with van der Waals surface area (Å²) in [4.78, 5) is 0. The first kappa shape index (κ1) is 14.8. The minimum absolute atomic E-state index is 0.194. The molecule has 3 heteroatoms. The lowest BCUT2D eigenvalue weighted by atomic mass is 9.95. The summed E-state index contributed by atoms with van der Waals surface area (Å²) < 4.78 is 5.91. The molecule has 112 valence electrons. The Balaban J connectivity index is 1.56. The number of nitriles is 1. The Labute approximate surface area is 131 Å². The van der Waals surface area contributed by atoms with E-state index in [2.05, 4.69) is 35.7 Å². The molecule has 0 bridgehead atoms. The maximum absolute atomic E-state index is 8.93. The van der Waals surface area contributed by atoms with Crippen LogP contribution in [0.25, 0.3) is 0 Å². The Morgan fingerprint density at radius 1 is 1.14 bits per heavy atom. The first-order chi connectivity index (χ1) is 10.9. The third-order valence-electron chi connectivity index (χ3n) is 4.13. The minimum atomic E-state index is 0.194. The fourth-order valence-corrected chi connectivity index (χ4v) is 3.01. The zero-order chi connectivity index (χ0) is 15.2. The van der Waals surface area contributed by atoms with Crippen molar-refractivity contribution in [3.63, 3.8) is 0 Å². The van der Waals surface area contributed by atoms with Crippen molar-refractivity contribution < 1.29 is 4.74 Å². The summed E-state index contributed by atoms with van der Waals surface area (Å²) in [6.07, 6.45) is 1.28. The minimum Gasteiger partial charge on any atom is -0.373 e. The molecule has 2 aromatic carbocycles. The first-order valence-corrected chi connectivity index (χ1v) is 7.73. The van der Waals surface area contributed by atoms with Gasteiger partial charge in [0.25, 0.3) is 0 Å². The third kappa shape index (κ3) is 3.54. The van der Waals surface area contributed by atoms with Gasteiger partial charge in [-0.15, -0.1) is 0 Å². The van der Waals surface area contributed by atoms with Crippen molar-refractivity contribution in [2.24, 2.45) is 5.92 Å². The van der Waals surface area contributed by atoms with Crippen LogP contribution in [0, 0.1) is 17.2 Å². The summed E-state index contributed by atoms with van der Waals surface area (Å²) in [7, 11) is 0. The Bertz CT molecular complexity index is 648. The highest BCUT2D eigenvalue weighted by Gasteiger charge is 2.28. The lowest BCUT2D eigenvalue weighted by Gasteiger charge is -2.19. The van der Waals surface area contributed by atoms with Gasteiger partial charge in [0.05, 0.1) is 17.7 Å². The van der Waals surface area contributed by atoms with Gasteiger partial charge in [0.15, 0.2) is 0 Å². The molecule has 1 saturated heterocycles. The maximum Gasteiger partial charge on any atom is 0.0991 e. The van der Waals surface area contributed by atoms with Crippen LogP contribution in [0.2, 0.25) is 0 Å². The van der Waals surface area contributed by atoms with E-state index >= 15 is 0 Å². The predicted octanol–water partition coefficient (Wildman–Crippen LogP) is 3.43. The van der Waals surface area contributed by atoms with Crippen LogP contribution in [-0.2, 0) is 11.3 Å². The molecule has 1 heterocycles. The smallest absolute Gasteiger partial charge is 0.0991 e. The molecule has 1 N–H and O–H groups in total. The number of ether oxygens (including phenoxy) is 1. The number of nitrogens with zero attached hydrogens (tertiary/aromatic N) is 1. The van der Waals surface area contributed by atoms with E-state index in [0.29, 0.717) is 11.5 Å². The van der Waals surface area contributed by atoms with E-state index in [4.69, 9.17) is 10.00 Å². The normalized spacial score (nSPS) is 20.7. The SMILES string of the molecule is N#Cc1cccc(CNC[C@H]2CCO[C@@H]2c2ccccc2)c1. The van der Waals surface area contributed by atoms with Crippen LogP contribution in [-0.4, -0.2) is 13.2 Å². The van der Waals surface area contributed by atoms with Crippen LogP contribution in [0.4, 0.5) is 0 Å². The quantitative estimate of drug-likeness (QED) is 0.918. The van der Waals surface area contributed by atoms with Crippen molar-refractivity contribution in [3.05, 3.63) is 71.3 Å². The molecule has 1 fully saturated rings. The number of rotatable bonds is 5. The monoisotopic (exact) mass is 292 g/mol. The summed E-state index contributed by atoms with van der Waals surface area (Å²) >= 11 is 0. The second-order valence-electron chi connectivity index (χ2n) is 5.69. The van der Waals surface area contributed by atoms with Crippen molar-refractivity contribution in [2.75, 3.05) is 13.2 Å². The van der Waals surface area contributed by atoms with Gasteiger partial charge in [-0.3, -0.25) is 0 Å². The lowest BCUT2D eigenvalue weighted by molar-refractivity contribution is 0.0904. The Kier molecular flexibility index (Phi) is 4.85. The van der Waals surface area contributed by atoms with Crippen LogP contribution in [0.5, 0.6) is 0 Å². The summed E-state index contributed by atoms with van der Waals surface area (Å²) in [6.45, 7) is 2.54. The van der Waals surface area contributed by atoms with Gasteiger partial charge in [0.2, 0.25) is 0 Å². The zero-order valence-corrected chi connectivity index (χ0v) is 12.5. The highest BCUT2D eigenvalue weighted by molar-refractivity contribution is 5.32. The van der Waals surface area contributed by atoms with E-state index < -0.39 is 0 Å². The molecule has 3 rings (SSSR count). The summed E-state index contributed by atoms with van der Waals surface area (Å²) in [6, 6.07) is 20.4. The molecule has 0 spiro atoms. The Morgan fingerprint density at radius 3 is 2.82 bits per heavy atom. The highest BCUT2D eigenvalue weighted by Crippen LogP contribution is 2.33. The van der Waals surface area contributed by atoms with Crippen molar-refractivity contribution >= 4 is 0 Å². The zero-order valence-electron chi connectivity index (χ0n) is 12.5. The molecular formula is C19H20N2O. The average molecular weight is 292 g/mol. The number of hydrogen-bond donors (Lipinski definition) is 1. The van der Waals surface area contributed by atoms with Crippen LogP contribution in [0.3, 0.4) is 0 Å². The van der Waals surface area contributed by atoms with Gasteiger partial charge >= 0.3 is 0 Å².